The zero-order valence-corrected chi connectivity index (χ0v) is 8.28. The summed E-state index contributed by atoms with van der Waals surface area (Å²) in [6.45, 7) is 3.98. The molecule has 0 aliphatic heterocycles. The molecule has 14 heavy (non-hydrogen) atoms. The average Bonchev–Trinajstić information content (AvgIpc) is 2.52. The first kappa shape index (κ1) is 10.6. The molecule has 0 spiro atoms. The van der Waals surface area contributed by atoms with E-state index >= 15 is 0 Å². The van der Waals surface area contributed by atoms with Crippen LogP contribution < -0.4 is 11.1 Å². The molecule has 1 rings (SSSR count). The van der Waals surface area contributed by atoms with E-state index in [2.05, 4.69) is 15.5 Å². The summed E-state index contributed by atoms with van der Waals surface area (Å²) in [5.41, 5.74) is 5.15. The summed E-state index contributed by atoms with van der Waals surface area (Å²) in [7, 11) is 0. The number of aromatic nitrogens is 2. The molecule has 1 amide bonds. The molecule has 6 nitrogen and oxygen atoms in total. The Morgan fingerprint density at radius 2 is 2.43 bits per heavy atom. The van der Waals surface area contributed by atoms with Crippen LogP contribution in [0.3, 0.4) is 0 Å². The quantitative estimate of drug-likeness (QED) is 0.679. The molecule has 78 valence electrons. The number of hydrogen-bond acceptors (Lipinski definition) is 5. The number of primary amides is 1. The predicted molar refractivity (Wildman–Crippen MR) is 49.1 cm³/mol. The van der Waals surface area contributed by atoms with Crippen LogP contribution in [0.25, 0.3) is 0 Å². The number of aryl methyl sites for hydroxylation is 1. The van der Waals surface area contributed by atoms with Gasteiger partial charge in [-0.25, -0.2) is 0 Å². The summed E-state index contributed by atoms with van der Waals surface area (Å²) in [4.78, 5) is 14.8. The SMILES string of the molecule is CCC(NCc1noc(C)n1)C(N)=O. The molecule has 1 atom stereocenters. The molecule has 1 aromatic heterocycles. The van der Waals surface area contributed by atoms with Crippen LogP contribution in [-0.2, 0) is 11.3 Å². The van der Waals surface area contributed by atoms with E-state index in [1.165, 1.54) is 0 Å². The minimum atomic E-state index is -0.368. The molecular weight excluding hydrogens is 184 g/mol. The van der Waals surface area contributed by atoms with Gasteiger partial charge in [-0.15, -0.1) is 0 Å². The van der Waals surface area contributed by atoms with Crippen molar-refractivity contribution in [1.29, 1.82) is 0 Å². The number of nitrogens with two attached hydrogens (primary N) is 1. The lowest BCUT2D eigenvalue weighted by Gasteiger charge is -2.10. The highest BCUT2D eigenvalue weighted by atomic mass is 16.5. The fraction of sp³-hybridized carbons (Fsp3) is 0.625. The Morgan fingerprint density at radius 1 is 1.71 bits per heavy atom. The summed E-state index contributed by atoms with van der Waals surface area (Å²) >= 11 is 0. The zero-order valence-electron chi connectivity index (χ0n) is 8.28. The summed E-state index contributed by atoms with van der Waals surface area (Å²) in [6, 6.07) is -0.339. The van der Waals surface area contributed by atoms with Gasteiger partial charge in [-0.05, 0) is 6.42 Å². The van der Waals surface area contributed by atoms with E-state index in [9.17, 15) is 4.79 Å². The highest BCUT2D eigenvalue weighted by Gasteiger charge is 2.12. The second-order valence-electron chi connectivity index (χ2n) is 2.97. The van der Waals surface area contributed by atoms with Gasteiger partial charge in [-0.2, -0.15) is 4.98 Å². The molecule has 0 saturated carbocycles. The smallest absolute Gasteiger partial charge is 0.234 e. The van der Waals surface area contributed by atoms with E-state index in [0.29, 0.717) is 24.7 Å². The van der Waals surface area contributed by atoms with Crippen LogP contribution in [0.5, 0.6) is 0 Å². The highest BCUT2D eigenvalue weighted by Crippen LogP contribution is 1.96. The monoisotopic (exact) mass is 198 g/mol. The Kier molecular flexibility index (Phi) is 3.58. The lowest BCUT2D eigenvalue weighted by molar-refractivity contribution is -0.120. The third-order valence-corrected chi connectivity index (χ3v) is 1.83. The van der Waals surface area contributed by atoms with E-state index in [-0.39, 0.29) is 11.9 Å². The van der Waals surface area contributed by atoms with Crippen LogP contribution in [0.2, 0.25) is 0 Å². The van der Waals surface area contributed by atoms with Gasteiger partial charge in [0.2, 0.25) is 11.8 Å². The lowest BCUT2D eigenvalue weighted by atomic mass is 10.2. The molecule has 1 heterocycles. The summed E-state index contributed by atoms with van der Waals surface area (Å²) < 4.78 is 4.77. The third-order valence-electron chi connectivity index (χ3n) is 1.83. The number of nitrogens with one attached hydrogen (secondary N) is 1. The molecule has 0 bridgehead atoms. The first-order chi connectivity index (χ1) is 6.63. The Labute approximate surface area is 81.9 Å². The first-order valence-electron chi connectivity index (χ1n) is 4.45. The van der Waals surface area contributed by atoms with Gasteiger partial charge in [0.25, 0.3) is 0 Å². The Morgan fingerprint density at radius 3 is 2.86 bits per heavy atom. The first-order valence-corrected chi connectivity index (χ1v) is 4.45. The lowest BCUT2D eigenvalue weighted by Crippen LogP contribution is -2.40. The molecule has 0 aliphatic carbocycles. The maximum absolute atomic E-state index is 10.9. The number of carbonyl (C=O) groups is 1. The largest absolute Gasteiger partial charge is 0.368 e. The normalized spacial score (nSPS) is 12.7. The number of carbonyl (C=O) groups excluding carboxylic acids is 1. The summed E-state index contributed by atoms with van der Waals surface area (Å²) in [5.74, 6) is 0.670. The molecule has 0 aromatic carbocycles. The topological polar surface area (TPSA) is 94.0 Å². The molecule has 1 aromatic rings. The van der Waals surface area contributed by atoms with Crippen molar-refractivity contribution < 1.29 is 9.32 Å². The second-order valence-corrected chi connectivity index (χ2v) is 2.97. The van der Waals surface area contributed by atoms with Crippen molar-refractivity contribution in [2.45, 2.75) is 32.9 Å². The fourth-order valence-corrected chi connectivity index (χ4v) is 1.07. The van der Waals surface area contributed by atoms with Crippen LogP contribution in [0, 0.1) is 6.92 Å². The van der Waals surface area contributed by atoms with Crippen LogP contribution in [0.4, 0.5) is 0 Å². The maximum Gasteiger partial charge on any atom is 0.234 e. The third kappa shape index (κ3) is 2.81. The van der Waals surface area contributed by atoms with Gasteiger partial charge < -0.3 is 10.3 Å². The van der Waals surface area contributed by atoms with Crippen LogP contribution >= 0.6 is 0 Å². The van der Waals surface area contributed by atoms with E-state index in [0.717, 1.165) is 0 Å². The van der Waals surface area contributed by atoms with E-state index in [1.807, 2.05) is 6.92 Å². The summed E-state index contributed by atoms with van der Waals surface area (Å²) in [5, 5.41) is 6.62. The van der Waals surface area contributed by atoms with E-state index < -0.39 is 0 Å². The van der Waals surface area contributed by atoms with Crippen LogP contribution in [0.15, 0.2) is 4.52 Å². The van der Waals surface area contributed by atoms with Gasteiger partial charge >= 0.3 is 0 Å². The molecule has 0 fully saturated rings. The van der Waals surface area contributed by atoms with Gasteiger partial charge in [0.05, 0.1) is 12.6 Å². The Balaban J connectivity index is 2.43. The number of nitrogens with zero attached hydrogens (tertiary/aromatic N) is 2. The molecule has 0 radical (unpaired) electrons. The van der Waals surface area contributed by atoms with Crippen molar-refractivity contribution >= 4 is 5.91 Å². The van der Waals surface area contributed by atoms with Crippen molar-refractivity contribution in [1.82, 2.24) is 15.5 Å². The van der Waals surface area contributed by atoms with Crippen LogP contribution in [0.1, 0.15) is 25.1 Å². The molecule has 0 saturated heterocycles. The van der Waals surface area contributed by atoms with Crippen molar-refractivity contribution in [3.05, 3.63) is 11.7 Å². The second kappa shape index (κ2) is 4.71. The molecule has 1 unspecified atom stereocenters. The molecular formula is C8H14N4O2. The highest BCUT2D eigenvalue weighted by molar-refractivity contribution is 5.79. The van der Waals surface area contributed by atoms with Crippen molar-refractivity contribution in [2.75, 3.05) is 0 Å². The van der Waals surface area contributed by atoms with Gasteiger partial charge in [0.1, 0.15) is 0 Å². The van der Waals surface area contributed by atoms with Gasteiger partial charge in [-0.3, -0.25) is 10.1 Å². The van der Waals surface area contributed by atoms with Crippen molar-refractivity contribution in [2.24, 2.45) is 5.73 Å². The van der Waals surface area contributed by atoms with Crippen LogP contribution in [-0.4, -0.2) is 22.1 Å². The summed E-state index contributed by atoms with van der Waals surface area (Å²) in [6.07, 6.45) is 0.645. The zero-order chi connectivity index (χ0) is 10.6. The minimum Gasteiger partial charge on any atom is -0.368 e. The van der Waals surface area contributed by atoms with E-state index in [1.54, 1.807) is 6.92 Å². The number of hydrogen-bond donors (Lipinski definition) is 2. The predicted octanol–water partition coefficient (Wildman–Crippen LogP) is -0.268. The Hall–Kier alpha value is -1.43. The van der Waals surface area contributed by atoms with Gasteiger partial charge in [-0.1, -0.05) is 12.1 Å². The fourth-order valence-electron chi connectivity index (χ4n) is 1.07. The molecule has 0 aliphatic rings. The molecule has 3 N–H and O–H groups in total. The Bertz CT molecular complexity index is 310. The van der Waals surface area contributed by atoms with Crippen molar-refractivity contribution in [3.63, 3.8) is 0 Å². The van der Waals surface area contributed by atoms with Gasteiger partial charge in [0, 0.05) is 6.92 Å². The standard InChI is InChI=1S/C8H14N4O2/c1-3-6(8(9)13)10-4-7-11-5(2)14-12-7/h6,10H,3-4H2,1-2H3,(H2,9,13). The average molecular weight is 198 g/mol. The molecule has 6 heteroatoms. The van der Waals surface area contributed by atoms with E-state index in [4.69, 9.17) is 10.3 Å². The number of amides is 1. The van der Waals surface area contributed by atoms with Gasteiger partial charge in [0.15, 0.2) is 5.82 Å². The maximum atomic E-state index is 10.9. The van der Waals surface area contributed by atoms with Crippen molar-refractivity contribution in [3.8, 4) is 0 Å². The minimum absolute atomic E-state index is 0.339. The number of rotatable bonds is 5.